The van der Waals surface area contributed by atoms with Gasteiger partial charge in [-0.15, -0.1) is 22.1 Å². The second-order valence-electron chi connectivity index (χ2n) is 13.9. The molecule has 4 aromatic carbocycles. The van der Waals surface area contributed by atoms with Gasteiger partial charge < -0.3 is 30.4 Å². The minimum atomic E-state index is -1.07. The predicted molar refractivity (Wildman–Crippen MR) is 232 cm³/mol. The third-order valence-corrected chi connectivity index (χ3v) is 10.3. The third kappa shape index (κ3) is 7.82. The number of rotatable bonds is 8. The summed E-state index contributed by atoms with van der Waals surface area (Å²) in [6.07, 6.45) is 7.33. The topological polar surface area (TPSA) is 203 Å². The molecule has 0 saturated heterocycles. The zero-order valence-electron chi connectivity index (χ0n) is 31.8. The van der Waals surface area contributed by atoms with Crippen LogP contribution in [0.15, 0.2) is 121 Å². The van der Waals surface area contributed by atoms with Crippen LogP contribution in [0.4, 0.5) is 0 Å². The fourth-order valence-corrected chi connectivity index (χ4v) is 7.39. The zero-order valence-corrected chi connectivity index (χ0v) is 33.6. The molecule has 0 spiro atoms. The van der Waals surface area contributed by atoms with E-state index in [1.807, 2.05) is 48.6 Å². The Morgan fingerprint density at radius 2 is 0.548 bits per heavy atom. The van der Waals surface area contributed by atoms with E-state index in [1.165, 1.54) is 48.5 Å². The van der Waals surface area contributed by atoms with Gasteiger partial charge in [0.05, 0.1) is 45.0 Å². The number of hydrogen-bond acceptors (Lipinski definition) is 6. The number of aromatic carboxylic acids is 4. The number of carbonyl (C=O) groups is 4. The van der Waals surface area contributed by atoms with Crippen molar-refractivity contribution in [1.82, 2.24) is 19.9 Å². The van der Waals surface area contributed by atoms with Gasteiger partial charge in [-0.05, 0) is 117 Å². The number of nitrogens with zero attached hydrogens (tertiary/aromatic N) is 4. The molecule has 0 saturated carbocycles. The Morgan fingerprint density at radius 1 is 0.355 bits per heavy atom. The minimum absolute atomic E-state index is 0.103. The Morgan fingerprint density at radius 3 is 0.726 bits per heavy atom. The van der Waals surface area contributed by atoms with Crippen LogP contribution in [0.5, 0.6) is 0 Å². The molecule has 7 aromatic rings. The Kier molecular flexibility index (Phi) is 11.2. The number of carboxylic acid groups (broad SMARTS) is 4. The molecule has 0 fully saturated rings. The van der Waals surface area contributed by atoms with Crippen molar-refractivity contribution in [2.24, 2.45) is 0 Å². The SMILES string of the molecule is O=C(O)c1ccc(-c2c3nc(c(-c4ccc(C(=O)O)cc4)c4ccc([n-]4)c(-c4ccc(C(=O)O)cc4)c4nc(c(-c5ccc(C(=O)O)cc5)c5ccc2[n-]5)C=C4)C=C3)cc1.[Cl][Co+2]. The molecule has 5 heterocycles. The van der Waals surface area contributed by atoms with Crippen LogP contribution in [-0.4, -0.2) is 54.3 Å². The first-order chi connectivity index (χ1) is 30.0. The fraction of sp³-hybridized carbons (Fsp3) is 0. The monoisotopic (exact) mass is 882 g/mol. The molecule has 62 heavy (non-hydrogen) atoms. The predicted octanol–water partition coefficient (Wildman–Crippen LogP) is 10.1. The first-order valence-electron chi connectivity index (χ1n) is 18.6. The van der Waals surface area contributed by atoms with E-state index in [4.69, 9.17) is 19.9 Å². The summed E-state index contributed by atoms with van der Waals surface area (Å²) in [6, 6.07) is 33.0. The van der Waals surface area contributed by atoms with Gasteiger partial charge >= 0.3 is 48.9 Å². The number of carboxylic acids is 4. The molecule has 2 aliphatic heterocycles. The van der Waals surface area contributed by atoms with Gasteiger partial charge in [-0.2, -0.15) is 0 Å². The number of hydrogen-bond donors (Lipinski definition) is 4. The molecule has 0 aliphatic carbocycles. The van der Waals surface area contributed by atoms with Crippen LogP contribution >= 0.6 is 10.1 Å². The molecule has 9 rings (SSSR count). The van der Waals surface area contributed by atoms with E-state index in [0.29, 0.717) is 89.4 Å². The van der Waals surface area contributed by atoms with Crippen molar-refractivity contribution in [2.45, 2.75) is 0 Å². The average molecular weight is 883 g/mol. The molecule has 0 radical (unpaired) electrons. The Hall–Kier alpha value is -7.84. The van der Waals surface area contributed by atoms with Gasteiger partial charge in [0.1, 0.15) is 0 Å². The van der Waals surface area contributed by atoms with Crippen LogP contribution in [0, 0.1) is 0 Å². The van der Waals surface area contributed by atoms with Crippen LogP contribution in [0.2, 0.25) is 0 Å². The van der Waals surface area contributed by atoms with Gasteiger partial charge in [0.2, 0.25) is 0 Å². The summed E-state index contributed by atoms with van der Waals surface area (Å²) in [6.45, 7) is 0. The van der Waals surface area contributed by atoms with Gasteiger partial charge in [0.25, 0.3) is 0 Å². The Balaban J connectivity index is 0.00000261. The normalized spacial score (nSPS) is 11.5. The molecular formula is C48H28ClCoN4O8. The quantitative estimate of drug-likeness (QED) is 0.113. The number of halogens is 1. The molecule has 304 valence electrons. The summed E-state index contributed by atoms with van der Waals surface area (Å²) in [7, 11) is 4.33. The molecule has 14 heteroatoms. The molecule has 12 nitrogen and oxygen atoms in total. The van der Waals surface area contributed by atoms with Gasteiger partial charge in [-0.3, -0.25) is 0 Å². The zero-order chi connectivity index (χ0) is 43.7. The van der Waals surface area contributed by atoms with Crippen molar-refractivity contribution in [2.75, 3.05) is 0 Å². The van der Waals surface area contributed by atoms with Gasteiger partial charge in [0.15, 0.2) is 0 Å². The average Bonchev–Trinajstić information content (AvgIpc) is 4.13. The first kappa shape index (κ1) is 40.9. The summed E-state index contributed by atoms with van der Waals surface area (Å²) in [5.41, 5.74) is 9.53. The van der Waals surface area contributed by atoms with Gasteiger partial charge in [-0.25, -0.2) is 29.1 Å². The maximum atomic E-state index is 11.8. The van der Waals surface area contributed by atoms with Crippen molar-refractivity contribution >= 4 is 80.4 Å². The molecule has 0 atom stereocenters. The maximum absolute atomic E-state index is 11.8. The van der Waals surface area contributed by atoms with E-state index in [1.54, 1.807) is 48.5 Å². The van der Waals surface area contributed by atoms with Crippen LogP contribution in [0.25, 0.3) is 90.9 Å². The van der Waals surface area contributed by atoms with E-state index >= 15 is 0 Å². The molecule has 0 unspecified atom stereocenters. The molecule has 2 aliphatic rings. The molecule has 3 aromatic heterocycles. The van der Waals surface area contributed by atoms with Crippen LogP contribution in [-0.2, 0) is 14.8 Å². The standard InChI is InChI=1S/C48H30N4O8.ClH.Co/c53-45(54)29-9-1-25(2-10-29)41-33-17-19-35(49-33)42(26-3-11-30(12-4-26)46(55)56)37-21-23-39(51-37)44(28-7-15-32(16-8-28)48(59)60)40-24-22-38(52-40)43(36-20-18-34(41)50-36)27-5-13-31(14-6-27)47(57)58;;/h1-24H,(H6,49,50,51,52,53,54,55,56,57,58,59,60);1H;/q;;+3/p-3. The number of benzene rings is 4. The molecule has 0 amide bonds. The summed E-state index contributed by atoms with van der Waals surface area (Å²) in [4.78, 5) is 67.8. The Bertz CT molecular complexity index is 2770. The van der Waals surface area contributed by atoms with Gasteiger partial charge in [0, 0.05) is 0 Å². The first-order valence-corrected chi connectivity index (χ1v) is 20.0. The second kappa shape index (κ2) is 17.0. The van der Waals surface area contributed by atoms with Gasteiger partial charge in [-0.1, -0.05) is 72.8 Å². The van der Waals surface area contributed by atoms with E-state index in [-0.39, 0.29) is 22.3 Å². The molecule has 4 N–H and O–H groups in total. The van der Waals surface area contributed by atoms with E-state index in [9.17, 15) is 39.6 Å². The van der Waals surface area contributed by atoms with Crippen LogP contribution < -0.4 is 9.97 Å². The Labute approximate surface area is 364 Å². The second-order valence-corrected chi connectivity index (χ2v) is 13.9. The van der Waals surface area contributed by atoms with Crippen molar-refractivity contribution in [3.05, 3.63) is 166 Å². The van der Waals surface area contributed by atoms with E-state index in [0.717, 1.165) is 0 Å². The number of aromatic nitrogens is 4. The van der Waals surface area contributed by atoms with Crippen LogP contribution in [0.1, 0.15) is 64.2 Å². The van der Waals surface area contributed by atoms with Crippen molar-refractivity contribution in [3.63, 3.8) is 0 Å². The molecule has 8 bridgehead atoms. The summed E-state index contributed by atoms with van der Waals surface area (Å²) < 4.78 is 0. The van der Waals surface area contributed by atoms with Crippen molar-refractivity contribution in [1.29, 1.82) is 0 Å². The van der Waals surface area contributed by atoms with Crippen LogP contribution in [0.3, 0.4) is 0 Å². The van der Waals surface area contributed by atoms with Crippen molar-refractivity contribution in [3.8, 4) is 44.5 Å². The van der Waals surface area contributed by atoms with E-state index < -0.39 is 23.9 Å². The fourth-order valence-electron chi connectivity index (χ4n) is 7.39. The third-order valence-electron chi connectivity index (χ3n) is 10.3. The molecular weight excluding hydrogens is 855 g/mol. The summed E-state index contributed by atoms with van der Waals surface area (Å²) in [5.74, 6) is -4.30. The summed E-state index contributed by atoms with van der Waals surface area (Å²) >= 11 is 3.03. The van der Waals surface area contributed by atoms with Crippen molar-refractivity contribution < 1.29 is 54.4 Å². The summed E-state index contributed by atoms with van der Waals surface area (Å²) in [5, 5.41) is 38.7. The van der Waals surface area contributed by atoms with E-state index in [2.05, 4.69) is 25.0 Å². The number of fused-ring (bicyclic) bond motifs is 8.